The molecular formula is C27H50N2O5. The van der Waals surface area contributed by atoms with Crippen LogP contribution >= 0.6 is 0 Å². The minimum atomic E-state index is -0.221. The normalized spacial score (nSPS) is 11.2. The number of unbranched alkanes of at least 4 members (excludes halogenated alkanes) is 11. The molecule has 0 aliphatic carbocycles. The van der Waals surface area contributed by atoms with Gasteiger partial charge in [0.2, 0.25) is 5.91 Å². The Morgan fingerprint density at radius 3 is 1.91 bits per heavy atom. The van der Waals surface area contributed by atoms with Crippen molar-refractivity contribution in [2.75, 3.05) is 46.9 Å². The lowest BCUT2D eigenvalue weighted by molar-refractivity contribution is -0.146. The van der Waals surface area contributed by atoms with E-state index in [9.17, 15) is 14.4 Å². The Kier molecular flexibility index (Phi) is 22.9. The second-order valence-electron chi connectivity index (χ2n) is 9.14. The van der Waals surface area contributed by atoms with Crippen molar-refractivity contribution in [1.29, 1.82) is 0 Å². The summed E-state index contributed by atoms with van der Waals surface area (Å²) < 4.78 is 9.97. The number of carbonyl (C=O) groups is 3. The van der Waals surface area contributed by atoms with E-state index in [0.717, 1.165) is 25.7 Å². The second kappa shape index (κ2) is 24.2. The summed E-state index contributed by atoms with van der Waals surface area (Å²) in [6.07, 6.45) is 21.0. The molecule has 7 nitrogen and oxygen atoms in total. The number of nitrogens with zero attached hydrogens (tertiary/aromatic N) is 2. The standard InChI is InChI=1S/C27H50N2O5/c1-4-5-6-7-8-9-10-11-12-13-14-15-16-17-18-19-27(32)34-23-21-29(20-22-33-25-30)26(31)24-28(2)3/h11-12,25H,4-10,13-24H2,1-3H3/b12-11-. The van der Waals surface area contributed by atoms with Crippen molar-refractivity contribution in [3.63, 3.8) is 0 Å². The topological polar surface area (TPSA) is 76.1 Å². The van der Waals surface area contributed by atoms with Crippen LogP contribution in [-0.4, -0.2) is 75.1 Å². The van der Waals surface area contributed by atoms with E-state index in [0.29, 0.717) is 19.4 Å². The SMILES string of the molecule is CCCCCCCC/C=C\CCCCCCCC(=O)OCCN(CCOC=O)C(=O)CN(C)C. The summed E-state index contributed by atoms with van der Waals surface area (Å²) in [4.78, 5) is 37.8. The molecule has 0 spiro atoms. The van der Waals surface area contributed by atoms with Crippen LogP contribution in [0.15, 0.2) is 12.2 Å². The lowest BCUT2D eigenvalue weighted by atomic mass is 10.1. The molecule has 34 heavy (non-hydrogen) atoms. The maximum Gasteiger partial charge on any atom is 0.305 e. The fraction of sp³-hybridized carbons (Fsp3) is 0.815. The van der Waals surface area contributed by atoms with Crippen LogP contribution in [-0.2, 0) is 23.9 Å². The number of hydrogen-bond acceptors (Lipinski definition) is 6. The van der Waals surface area contributed by atoms with Gasteiger partial charge in [-0.3, -0.25) is 14.4 Å². The summed E-state index contributed by atoms with van der Waals surface area (Å²) >= 11 is 0. The van der Waals surface area contributed by atoms with E-state index in [4.69, 9.17) is 4.74 Å². The molecule has 0 aromatic heterocycles. The van der Waals surface area contributed by atoms with Crippen molar-refractivity contribution in [2.45, 2.75) is 96.8 Å². The molecule has 0 aliphatic heterocycles. The number of allylic oxidation sites excluding steroid dienone is 2. The summed E-state index contributed by atoms with van der Waals surface area (Å²) in [7, 11) is 3.62. The van der Waals surface area contributed by atoms with E-state index in [1.165, 1.54) is 57.8 Å². The van der Waals surface area contributed by atoms with Crippen molar-refractivity contribution >= 4 is 18.3 Å². The molecule has 7 heteroatoms. The van der Waals surface area contributed by atoms with Crippen LogP contribution in [0.1, 0.15) is 96.8 Å². The number of hydrogen-bond donors (Lipinski definition) is 0. The zero-order valence-electron chi connectivity index (χ0n) is 22.1. The Morgan fingerprint density at radius 2 is 1.32 bits per heavy atom. The molecule has 198 valence electrons. The van der Waals surface area contributed by atoms with Gasteiger partial charge in [0.15, 0.2) is 0 Å². The van der Waals surface area contributed by atoms with Crippen molar-refractivity contribution in [1.82, 2.24) is 9.80 Å². The van der Waals surface area contributed by atoms with Gasteiger partial charge in [0.1, 0.15) is 13.2 Å². The molecule has 0 radical (unpaired) electrons. The molecular weight excluding hydrogens is 432 g/mol. The highest BCUT2D eigenvalue weighted by molar-refractivity contribution is 5.78. The predicted octanol–water partition coefficient (Wildman–Crippen LogP) is 5.13. The molecule has 0 heterocycles. The van der Waals surface area contributed by atoms with Crippen molar-refractivity contribution in [3.05, 3.63) is 12.2 Å². The lowest BCUT2D eigenvalue weighted by Crippen LogP contribution is -2.41. The first-order valence-electron chi connectivity index (χ1n) is 13.3. The van der Waals surface area contributed by atoms with Gasteiger partial charge in [-0.1, -0.05) is 70.4 Å². The van der Waals surface area contributed by atoms with Crippen LogP contribution in [0, 0.1) is 0 Å². The number of esters is 1. The quantitative estimate of drug-likeness (QED) is 0.0821. The summed E-state index contributed by atoms with van der Waals surface area (Å²) in [6.45, 7) is 3.75. The van der Waals surface area contributed by atoms with Gasteiger partial charge in [-0.2, -0.15) is 0 Å². The molecule has 0 bridgehead atoms. The van der Waals surface area contributed by atoms with E-state index in [1.54, 1.807) is 9.80 Å². The third kappa shape index (κ3) is 21.9. The Hall–Kier alpha value is -1.89. The van der Waals surface area contributed by atoms with Gasteiger partial charge in [0, 0.05) is 6.42 Å². The molecule has 0 unspecified atom stereocenters. The van der Waals surface area contributed by atoms with E-state index in [1.807, 2.05) is 14.1 Å². The third-order valence-electron chi connectivity index (χ3n) is 5.62. The molecule has 0 aromatic rings. The van der Waals surface area contributed by atoms with E-state index in [2.05, 4.69) is 23.8 Å². The van der Waals surface area contributed by atoms with Gasteiger partial charge in [-0.25, -0.2) is 0 Å². The fourth-order valence-electron chi connectivity index (χ4n) is 3.62. The number of carbonyl (C=O) groups excluding carboxylic acids is 3. The largest absolute Gasteiger partial charge is 0.466 e. The van der Waals surface area contributed by atoms with Crippen LogP contribution in [0.4, 0.5) is 0 Å². The summed E-state index contributed by atoms with van der Waals surface area (Å²) in [6, 6.07) is 0. The van der Waals surface area contributed by atoms with Crippen molar-refractivity contribution in [3.8, 4) is 0 Å². The number of amides is 1. The molecule has 0 saturated heterocycles. The Morgan fingerprint density at radius 1 is 0.765 bits per heavy atom. The van der Waals surface area contributed by atoms with Crippen LogP contribution in [0.3, 0.4) is 0 Å². The summed E-state index contributed by atoms with van der Waals surface area (Å²) in [5.41, 5.74) is 0. The summed E-state index contributed by atoms with van der Waals surface area (Å²) in [5.74, 6) is -0.311. The molecule has 0 saturated carbocycles. The van der Waals surface area contributed by atoms with Gasteiger partial charge in [-0.15, -0.1) is 0 Å². The molecule has 0 atom stereocenters. The minimum absolute atomic E-state index is 0.0900. The lowest BCUT2D eigenvalue weighted by Gasteiger charge is -2.23. The first kappa shape index (κ1) is 32.1. The maximum atomic E-state index is 12.2. The van der Waals surface area contributed by atoms with Crippen molar-refractivity contribution in [2.24, 2.45) is 0 Å². The average molecular weight is 483 g/mol. The number of ether oxygens (including phenoxy) is 2. The molecule has 1 amide bonds. The smallest absolute Gasteiger partial charge is 0.305 e. The fourth-order valence-corrected chi connectivity index (χ4v) is 3.62. The maximum absolute atomic E-state index is 12.2. The molecule has 0 N–H and O–H groups in total. The zero-order valence-corrected chi connectivity index (χ0v) is 22.1. The molecule has 0 aromatic carbocycles. The zero-order chi connectivity index (χ0) is 25.3. The second-order valence-corrected chi connectivity index (χ2v) is 9.14. The first-order valence-corrected chi connectivity index (χ1v) is 13.3. The average Bonchev–Trinajstić information content (AvgIpc) is 2.80. The Bertz CT molecular complexity index is 537. The Balaban J connectivity index is 3.70. The van der Waals surface area contributed by atoms with Gasteiger partial charge in [-0.05, 0) is 46.2 Å². The van der Waals surface area contributed by atoms with E-state index < -0.39 is 0 Å². The van der Waals surface area contributed by atoms with Crippen LogP contribution in [0.25, 0.3) is 0 Å². The highest BCUT2D eigenvalue weighted by Crippen LogP contribution is 2.10. The van der Waals surface area contributed by atoms with Crippen molar-refractivity contribution < 1.29 is 23.9 Å². The monoisotopic (exact) mass is 482 g/mol. The molecule has 0 aliphatic rings. The van der Waals surface area contributed by atoms with Gasteiger partial charge >= 0.3 is 5.97 Å². The van der Waals surface area contributed by atoms with Gasteiger partial charge < -0.3 is 19.3 Å². The summed E-state index contributed by atoms with van der Waals surface area (Å²) in [5, 5.41) is 0. The Labute approximate surface area is 208 Å². The third-order valence-corrected chi connectivity index (χ3v) is 5.62. The first-order chi connectivity index (χ1) is 16.5. The number of likely N-dealkylation sites (N-methyl/N-ethyl adjacent to an activating group) is 1. The van der Waals surface area contributed by atoms with Gasteiger partial charge in [0.05, 0.1) is 19.6 Å². The number of rotatable bonds is 24. The highest BCUT2D eigenvalue weighted by Gasteiger charge is 2.15. The van der Waals surface area contributed by atoms with Crippen LogP contribution in [0.5, 0.6) is 0 Å². The minimum Gasteiger partial charge on any atom is -0.466 e. The molecule has 0 fully saturated rings. The molecule has 0 rings (SSSR count). The predicted molar refractivity (Wildman–Crippen MR) is 138 cm³/mol. The highest BCUT2D eigenvalue weighted by atomic mass is 16.5. The van der Waals surface area contributed by atoms with E-state index >= 15 is 0 Å². The van der Waals surface area contributed by atoms with E-state index in [-0.39, 0.29) is 38.2 Å². The van der Waals surface area contributed by atoms with Crippen LogP contribution in [0.2, 0.25) is 0 Å². The van der Waals surface area contributed by atoms with Crippen LogP contribution < -0.4 is 0 Å². The van der Waals surface area contributed by atoms with Gasteiger partial charge in [0.25, 0.3) is 6.47 Å².